The van der Waals surface area contributed by atoms with E-state index in [2.05, 4.69) is 27.7 Å². The van der Waals surface area contributed by atoms with Crippen molar-refractivity contribution in [1.29, 1.82) is 0 Å². The minimum atomic E-state index is -1.48. The van der Waals surface area contributed by atoms with E-state index >= 15 is 0 Å². The molecule has 0 spiro atoms. The summed E-state index contributed by atoms with van der Waals surface area (Å²) in [6.45, 7) is 11.0. The Bertz CT molecular complexity index is 218. The van der Waals surface area contributed by atoms with Gasteiger partial charge < -0.3 is 0 Å². The molecule has 0 aliphatic rings. The second-order valence-corrected chi connectivity index (χ2v) is 7.11. The summed E-state index contributed by atoms with van der Waals surface area (Å²) in [5.74, 6) is 0. The molecule has 0 aromatic carbocycles. The summed E-state index contributed by atoms with van der Waals surface area (Å²) in [5, 5.41) is 0. The first kappa shape index (κ1) is 27.8. The van der Waals surface area contributed by atoms with Crippen LogP contribution in [0.4, 0.5) is 0 Å². The smallest absolute Gasteiger partial charge is 0 e. The third-order valence-electron chi connectivity index (χ3n) is 3.16. The van der Waals surface area contributed by atoms with Gasteiger partial charge in [-0.1, -0.05) is 0 Å². The molecular formula is C17H36O5Zr2. The number of hydrogen-bond acceptors (Lipinski definition) is 5. The van der Waals surface area contributed by atoms with Crippen LogP contribution in [0.25, 0.3) is 0 Å². The molecule has 7 heteroatoms. The van der Waals surface area contributed by atoms with Gasteiger partial charge in [0.25, 0.3) is 0 Å². The zero-order valence-electron chi connectivity index (χ0n) is 16.0. The summed E-state index contributed by atoms with van der Waals surface area (Å²) in [5.41, 5.74) is 0. The van der Waals surface area contributed by atoms with Crippen molar-refractivity contribution in [3.8, 4) is 0 Å². The standard InChI is InChI=1S/C13H27O4.C4H9O.2Zr/c1-4-7-10-15-13(14,16-11-8-5-2)17-12-9-6-3;1-2-3-4-5;;/h4-12H2,1-3H3;2-4H2,1H3;;/q2*-1;;+2. The second-order valence-electron chi connectivity index (χ2n) is 5.49. The average molecular weight is 503 g/mol. The Kier molecular flexibility index (Phi) is 24.2. The van der Waals surface area contributed by atoms with Gasteiger partial charge in [-0.15, -0.1) is 0 Å². The minimum Gasteiger partial charge on any atom is 0 e. The Labute approximate surface area is 180 Å². The molecule has 24 heavy (non-hydrogen) atoms. The fourth-order valence-corrected chi connectivity index (χ4v) is 2.97. The number of ether oxygens (including phenoxy) is 3. The van der Waals surface area contributed by atoms with E-state index in [1.807, 2.05) is 0 Å². The molecule has 0 heterocycles. The largest absolute Gasteiger partial charge is 0 e. The normalized spacial score (nSPS) is 11.3. The monoisotopic (exact) mass is 500 g/mol. The van der Waals surface area contributed by atoms with Crippen LogP contribution < -0.4 is 0 Å². The summed E-state index contributed by atoms with van der Waals surface area (Å²) in [6, 6.07) is 0. The molecule has 0 rings (SSSR count). The van der Waals surface area contributed by atoms with Gasteiger partial charge in [0.05, 0.1) is 0 Å². The number of rotatable bonds is 18. The molecule has 0 saturated heterocycles. The molecule has 0 saturated carbocycles. The molecule has 142 valence electrons. The second kappa shape index (κ2) is 20.9. The van der Waals surface area contributed by atoms with Crippen LogP contribution in [0.15, 0.2) is 0 Å². The van der Waals surface area contributed by atoms with E-state index in [0.29, 0.717) is 19.8 Å². The van der Waals surface area contributed by atoms with Gasteiger partial charge in [0.1, 0.15) is 0 Å². The molecule has 0 unspecified atom stereocenters. The van der Waals surface area contributed by atoms with E-state index < -0.39 is 30.3 Å². The van der Waals surface area contributed by atoms with Crippen LogP contribution in [-0.4, -0.2) is 32.6 Å². The zero-order valence-corrected chi connectivity index (χ0v) is 20.9. The Morgan fingerprint density at radius 3 is 1.38 bits per heavy atom. The van der Waals surface area contributed by atoms with Crippen LogP contribution in [0.5, 0.6) is 0 Å². The maximum atomic E-state index is 5.90. The first-order chi connectivity index (χ1) is 11.2. The van der Waals surface area contributed by atoms with E-state index in [1.165, 1.54) is 0 Å². The molecule has 0 atom stereocenters. The van der Waals surface area contributed by atoms with E-state index in [-0.39, 0.29) is 26.2 Å². The van der Waals surface area contributed by atoms with Crippen molar-refractivity contribution in [2.24, 2.45) is 0 Å². The van der Waals surface area contributed by atoms with Gasteiger partial charge in [-0.2, -0.15) is 0 Å². The predicted molar refractivity (Wildman–Crippen MR) is 87.3 cm³/mol. The summed E-state index contributed by atoms with van der Waals surface area (Å²) in [6.07, 6.45) is 6.90. The quantitative estimate of drug-likeness (QED) is 0.199. The third-order valence-corrected chi connectivity index (χ3v) is 4.77. The van der Waals surface area contributed by atoms with Gasteiger partial charge in [0.15, 0.2) is 0 Å². The Balaban J connectivity index is 0. The molecular weight excluding hydrogens is 467 g/mol. The number of hydrogen-bond donors (Lipinski definition) is 0. The van der Waals surface area contributed by atoms with Crippen molar-refractivity contribution < 1.29 is 70.2 Å². The Hall–Kier alpha value is 1.57. The Morgan fingerprint density at radius 1 is 0.625 bits per heavy atom. The molecule has 0 aromatic rings. The summed E-state index contributed by atoms with van der Waals surface area (Å²) < 4.78 is 29.2. The fraction of sp³-hybridized carbons (Fsp3) is 1.00. The predicted octanol–water partition coefficient (Wildman–Crippen LogP) is 4.79. The summed E-state index contributed by atoms with van der Waals surface area (Å²) in [7, 11) is 0. The van der Waals surface area contributed by atoms with Gasteiger partial charge in [-0.3, -0.25) is 0 Å². The van der Waals surface area contributed by atoms with Crippen LogP contribution in [0.3, 0.4) is 0 Å². The fourth-order valence-electron chi connectivity index (χ4n) is 1.58. The molecule has 0 radical (unpaired) electrons. The van der Waals surface area contributed by atoms with Crippen molar-refractivity contribution in [2.45, 2.75) is 85.2 Å². The van der Waals surface area contributed by atoms with Gasteiger partial charge in [-0.05, 0) is 0 Å². The summed E-state index contributed by atoms with van der Waals surface area (Å²) in [4.78, 5) is 0. The van der Waals surface area contributed by atoms with Crippen molar-refractivity contribution in [1.82, 2.24) is 0 Å². The van der Waals surface area contributed by atoms with E-state index in [9.17, 15) is 0 Å². The first-order valence-corrected chi connectivity index (χ1v) is 11.2. The zero-order chi connectivity index (χ0) is 17.2. The van der Waals surface area contributed by atoms with E-state index in [4.69, 9.17) is 19.8 Å². The van der Waals surface area contributed by atoms with Crippen LogP contribution in [-0.2, 0) is 70.2 Å². The van der Waals surface area contributed by atoms with Crippen molar-refractivity contribution in [3.05, 3.63) is 0 Å². The van der Waals surface area contributed by atoms with E-state index in [1.54, 1.807) is 0 Å². The Morgan fingerprint density at radius 2 is 1.00 bits per heavy atom. The molecule has 5 nitrogen and oxygen atoms in total. The molecule has 0 aliphatic heterocycles. The minimum absolute atomic E-state index is 0. The van der Waals surface area contributed by atoms with E-state index in [0.717, 1.165) is 58.0 Å². The number of unbranched alkanes of at least 4 members (excludes halogenated alkanes) is 4. The van der Waals surface area contributed by atoms with Crippen LogP contribution in [0.1, 0.15) is 79.1 Å². The van der Waals surface area contributed by atoms with Crippen molar-refractivity contribution in [3.63, 3.8) is 0 Å². The molecule has 0 aliphatic carbocycles. The summed E-state index contributed by atoms with van der Waals surface area (Å²) >= 11 is -1.48. The average Bonchev–Trinajstić information content (AvgIpc) is 2.55. The third kappa shape index (κ3) is 15.8. The molecule has 0 bridgehead atoms. The van der Waals surface area contributed by atoms with Crippen molar-refractivity contribution >= 4 is 0 Å². The van der Waals surface area contributed by atoms with Crippen LogP contribution in [0, 0.1) is 0 Å². The van der Waals surface area contributed by atoms with Gasteiger partial charge in [0.2, 0.25) is 0 Å². The SMILES string of the molecule is CCCC[O][Zr][O]C(OCCCC)(OCCCC)OCCCC.[Zr]. The van der Waals surface area contributed by atoms with Gasteiger partial charge in [-0.25, -0.2) is 0 Å². The molecule has 0 amide bonds. The first-order valence-electron chi connectivity index (χ1n) is 9.21. The van der Waals surface area contributed by atoms with Crippen molar-refractivity contribution in [2.75, 3.05) is 26.4 Å². The van der Waals surface area contributed by atoms with Crippen LogP contribution in [0.2, 0.25) is 0 Å². The van der Waals surface area contributed by atoms with Crippen LogP contribution >= 0.6 is 0 Å². The van der Waals surface area contributed by atoms with Gasteiger partial charge >= 0.3 is 156 Å². The molecule has 0 fully saturated rings. The molecule has 0 aromatic heterocycles. The topological polar surface area (TPSA) is 46.2 Å². The van der Waals surface area contributed by atoms with Gasteiger partial charge in [0, 0.05) is 26.2 Å². The molecule has 0 N–H and O–H groups in total. The maximum absolute atomic E-state index is 5.90. The maximum Gasteiger partial charge on any atom is 0 e.